The van der Waals surface area contributed by atoms with E-state index in [2.05, 4.69) is 18.8 Å². The lowest BCUT2D eigenvalue weighted by atomic mass is 10.1. The molecule has 1 heterocycles. The summed E-state index contributed by atoms with van der Waals surface area (Å²) in [5.74, 6) is 0.711. The highest BCUT2D eigenvalue weighted by atomic mass is 35.5. The maximum Gasteiger partial charge on any atom is 0.261 e. The fourth-order valence-corrected chi connectivity index (χ4v) is 2.92. The van der Waals surface area contributed by atoms with Crippen LogP contribution in [0.15, 0.2) is 29.1 Å². The van der Waals surface area contributed by atoms with Crippen molar-refractivity contribution >= 4 is 22.5 Å². The molecule has 114 valence electrons. The molecule has 0 fully saturated rings. The number of benzene rings is 1. The summed E-state index contributed by atoms with van der Waals surface area (Å²) < 4.78 is 1.84. The minimum absolute atomic E-state index is 0.0370. The Balaban J connectivity index is 2.74. The number of halogens is 1. The van der Waals surface area contributed by atoms with Gasteiger partial charge in [0, 0.05) is 6.04 Å². The first-order valence-electron chi connectivity index (χ1n) is 7.79. The van der Waals surface area contributed by atoms with E-state index in [0.29, 0.717) is 11.2 Å². The van der Waals surface area contributed by atoms with Crippen molar-refractivity contribution in [2.24, 2.45) is 0 Å². The topological polar surface area (TPSA) is 34.9 Å². The first kappa shape index (κ1) is 16.0. The Morgan fingerprint density at radius 3 is 2.52 bits per heavy atom. The lowest BCUT2D eigenvalue weighted by molar-refractivity contribution is 0.415. The van der Waals surface area contributed by atoms with Crippen LogP contribution in [0.5, 0.6) is 0 Å². The molecule has 0 N–H and O–H groups in total. The number of aromatic nitrogens is 2. The zero-order valence-corrected chi connectivity index (χ0v) is 13.7. The second-order valence-electron chi connectivity index (χ2n) is 5.39. The summed E-state index contributed by atoms with van der Waals surface area (Å²) in [6.45, 7) is 6.27. The molecule has 1 aromatic heterocycles. The fourth-order valence-electron chi connectivity index (χ4n) is 2.77. The number of hydrogen-bond donors (Lipinski definition) is 0. The fraction of sp³-hybridized carbons (Fsp3) is 0.529. The Bertz CT molecular complexity index is 665. The van der Waals surface area contributed by atoms with Crippen molar-refractivity contribution in [2.75, 3.05) is 0 Å². The average Bonchev–Trinajstić information content (AvgIpc) is 2.52. The summed E-state index contributed by atoms with van der Waals surface area (Å²) in [4.78, 5) is 17.6. The minimum Gasteiger partial charge on any atom is -0.292 e. The monoisotopic (exact) mass is 306 g/mol. The van der Waals surface area contributed by atoms with Crippen molar-refractivity contribution in [3.63, 3.8) is 0 Å². The Morgan fingerprint density at radius 1 is 1.19 bits per heavy atom. The summed E-state index contributed by atoms with van der Waals surface area (Å²) in [5.41, 5.74) is 0.772. The summed E-state index contributed by atoms with van der Waals surface area (Å²) in [6.07, 6.45) is 3.68. The summed E-state index contributed by atoms with van der Waals surface area (Å²) in [7, 11) is 0. The molecule has 2 atom stereocenters. The van der Waals surface area contributed by atoms with E-state index in [1.807, 2.05) is 35.8 Å². The van der Waals surface area contributed by atoms with Gasteiger partial charge in [0.15, 0.2) is 0 Å². The molecular weight excluding hydrogens is 284 g/mol. The number of alkyl halides is 1. The van der Waals surface area contributed by atoms with Crippen molar-refractivity contribution in [3.8, 4) is 0 Å². The predicted octanol–water partition coefficient (Wildman–Crippen LogP) is 4.84. The van der Waals surface area contributed by atoms with E-state index in [1.54, 1.807) is 0 Å². The molecule has 0 aliphatic heterocycles. The first-order valence-corrected chi connectivity index (χ1v) is 8.22. The largest absolute Gasteiger partial charge is 0.292 e. The maximum absolute atomic E-state index is 12.9. The Hall–Kier alpha value is -1.35. The highest BCUT2D eigenvalue weighted by Crippen LogP contribution is 2.27. The van der Waals surface area contributed by atoms with Crippen LogP contribution >= 0.6 is 11.6 Å². The van der Waals surface area contributed by atoms with Crippen LogP contribution in [0.2, 0.25) is 0 Å². The maximum atomic E-state index is 12.9. The van der Waals surface area contributed by atoms with Crippen molar-refractivity contribution in [1.29, 1.82) is 0 Å². The van der Waals surface area contributed by atoms with Crippen molar-refractivity contribution in [2.45, 2.75) is 57.9 Å². The minimum atomic E-state index is -0.229. The third-order valence-electron chi connectivity index (χ3n) is 3.93. The third kappa shape index (κ3) is 3.13. The Labute approximate surface area is 131 Å². The molecule has 3 nitrogen and oxygen atoms in total. The molecule has 0 aliphatic carbocycles. The van der Waals surface area contributed by atoms with Gasteiger partial charge in [-0.1, -0.05) is 39.3 Å². The normalized spacial score (nSPS) is 14.3. The highest BCUT2D eigenvalue weighted by Gasteiger charge is 2.21. The molecule has 2 rings (SSSR count). The molecule has 0 bridgehead atoms. The molecule has 0 spiro atoms. The van der Waals surface area contributed by atoms with E-state index in [0.717, 1.165) is 31.2 Å². The molecule has 0 radical (unpaired) electrons. The lowest BCUT2D eigenvalue weighted by Crippen LogP contribution is -2.29. The van der Waals surface area contributed by atoms with Gasteiger partial charge in [0.2, 0.25) is 0 Å². The van der Waals surface area contributed by atoms with E-state index >= 15 is 0 Å². The van der Waals surface area contributed by atoms with E-state index in [-0.39, 0.29) is 17.0 Å². The molecule has 1 aromatic carbocycles. The van der Waals surface area contributed by atoms with Crippen LogP contribution in [0, 0.1) is 0 Å². The summed E-state index contributed by atoms with van der Waals surface area (Å²) in [5, 5.41) is 0.448. The van der Waals surface area contributed by atoms with Gasteiger partial charge in [0.25, 0.3) is 5.56 Å². The van der Waals surface area contributed by atoms with Crippen LogP contribution in [-0.4, -0.2) is 9.55 Å². The van der Waals surface area contributed by atoms with E-state index < -0.39 is 0 Å². The zero-order chi connectivity index (χ0) is 15.4. The number of para-hydroxylation sites is 1. The quantitative estimate of drug-likeness (QED) is 0.716. The van der Waals surface area contributed by atoms with Crippen molar-refractivity contribution < 1.29 is 0 Å². The number of fused-ring (bicyclic) bond motifs is 1. The lowest BCUT2D eigenvalue weighted by Gasteiger charge is -2.23. The molecule has 0 amide bonds. The molecule has 2 aromatic rings. The van der Waals surface area contributed by atoms with Crippen LogP contribution in [0.1, 0.15) is 63.7 Å². The predicted molar refractivity (Wildman–Crippen MR) is 89.1 cm³/mol. The second kappa shape index (κ2) is 7.08. The van der Waals surface area contributed by atoms with Gasteiger partial charge in [-0.3, -0.25) is 9.36 Å². The third-order valence-corrected chi connectivity index (χ3v) is 4.44. The molecule has 0 saturated heterocycles. The SMILES string of the molecule is CCCC(CC)n1c(C(Cl)CC)nc2ccccc2c1=O. The van der Waals surface area contributed by atoms with Gasteiger partial charge >= 0.3 is 0 Å². The van der Waals surface area contributed by atoms with Gasteiger partial charge in [-0.2, -0.15) is 0 Å². The highest BCUT2D eigenvalue weighted by molar-refractivity contribution is 6.20. The average molecular weight is 307 g/mol. The molecule has 21 heavy (non-hydrogen) atoms. The number of nitrogens with zero attached hydrogens (tertiary/aromatic N) is 2. The molecule has 4 heteroatoms. The van der Waals surface area contributed by atoms with Crippen molar-refractivity contribution in [3.05, 3.63) is 40.4 Å². The number of rotatable bonds is 6. The van der Waals surface area contributed by atoms with Crippen LogP contribution in [0.3, 0.4) is 0 Å². The van der Waals surface area contributed by atoms with Gasteiger partial charge in [0.1, 0.15) is 5.82 Å². The molecule has 2 unspecified atom stereocenters. The zero-order valence-electron chi connectivity index (χ0n) is 13.0. The van der Waals surface area contributed by atoms with Gasteiger partial charge in [-0.25, -0.2) is 4.98 Å². The number of hydrogen-bond acceptors (Lipinski definition) is 2. The first-order chi connectivity index (χ1) is 10.1. The summed E-state index contributed by atoms with van der Waals surface area (Å²) in [6, 6.07) is 7.68. The molecular formula is C17H23ClN2O. The molecule has 0 aliphatic rings. The van der Waals surface area contributed by atoms with E-state index in [4.69, 9.17) is 11.6 Å². The van der Waals surface area contributed by atoms with E-state index in [9.17, 15) is 4.79 Å². The van der Waals surface area contributed by atoms with Crippen LogP contribution in [-0.2, 0) is 0 Å². The Kier molecular flexibility index (Phi) is 5.40. The second-order valence-corrected chi connectivity index (χ2v) is 5.92. The van der Waals surface area contributed by atoms with Crippen molar-refractivity contribution in [1.82, 2.24) is 9.55 Å². The summed E-state index contributed by atoms with van der Waals surface area (Å²) >= 11 is 6.45. The van der Waals surface area contributed by atoms with Gasteiger partial charge in [-0.05, 0) is 31.4 Å². The van der Waals surface area contributed by atoms with Gasteiger partial charge in [-0.15, -0.1) is 11.6 Å². The smallest absolute Gasteiger partial charge is 0.261 e. The van der Waals surface area contributed by atoms with Crippen LogP contribution < -0.4 is 5.56 Å². The van der Waals surface area contributed by atoms with Gasteiger partial charge in [0.05, 0.1) is 16.3 Å². The van der Waals surface area contributed by atoms with Crippen LogP contribution in [0.4, 0.5) is 0 Å². The standard InChI is InChI=1S/C17H23ClN2O/c1-4-9-12(5-2)20-16(14(18)6-3)19-15-11-8-7-10-13(15)17(20)21/h7-8,10-12,14H,4-6,9H2,1-3H3. The van der Waals surface area contributed by atoms with Crippen LogP contribution in [0.25, 0.3) is 10.9 Å². The van der Waals surface area contributed by atoms with E-state index in [1.165, 1.54) is 0 Å². The van der Waals surface area contributed by atoms with Gasteiger partial charge < -0.3 is 0 Å². The Morgan fingerprint density at radius 2 is 1.90 bits per heavy atom. The molecule has 0 saturated carbocycles.